The van der Waals surface area contributed by atoms with E-state index in [4.69, 9.17) is 14.6 Å². The van der Waals surface area contributed by atoms with Gasteiger partial charge in [-0.25, -0.2) is 4.79 Å². The van der Waals surface area contributed by atoms with Crippen LogP contribution in [0.4, 0.5) is 0 Å². The van der Waals surface area contributed by atoms with Gasteiger partial charge in [0.15, 0.2) is 12.0 Å². The van der Waals surface area contributed by atoms with Crippen molar-refractivity contribution in [1.29, 1.82) is 0 Å². The lowest BCUT2D eigenvalue weighted by atomic mass is 10.2. The van der Waals surface area contributed by atoms with E-state index >= 15 is 0 Å². The number of aryl methyl sites for hydroxylation is 1. The molecule has 6 nitrogen and oxygen atoms in total. The second-order valence-corrected chi connectivity index (χ2v) is 4.94. The summed E-state index contributed by atoms with van der Waals surface area (Å²) in [6, 6.07) is 0. The predicted molar refractivity (Wildman–Crippen MR) is 66.2 cm³/mol. The maximum absolute atomic E-state index is 11.0. The molecule has 1 saturated heterocycles. The Morgan fingerprint density at radius 2 is 2.44 bits per heavy atom. The maximum atomic E-state index is 11.0. The van der Waals surface area contributed by atoms with Gasteiger partial charge in [-0.15, -0.1) is 0 Å². The van der Waals surface area contributed by atoms with E-state index in [1.165, 1.54) is 4.68 Å². The van der Waals surface area contributed by atoms with Crippen LogP contribution in [-0.2, 0) is 23.1 Å². The quantitative estimate of drug-likeness (QED) is 0.918. The monoisotopic (exact) mass is 318 g/mol. The Balaban J connectivity index is 2.01. The number of carboxylic acid groups (broad SMARTS) is 1. The topological polar surface area (TPSA) is 73.6 Å². The molecule has 0 aromatic carbocycles. The molecule has 0 saturated carbocycles. The normalized spacial score (nSPS) is 20.0. The van der Waals surface area contributed by atoms with Crippen LogP contribution in [0.3, 0.4) is 0 Å². The first-order chi connectivity index (χ1) is 8.59. The Bertz CT molecular complexity index is 440. The number of aromatic nitrogens is 2. The van der Waals surface area contributed by atoms with Crippen molar-refractivity contribution in [2.75, 3.05) is 6.61 Å². The minimum Gasteiger partial charge on any atom is -0.476 e. The van der Waals surface area contributed by atoms with E-state index in [1.807, 2.05) is 0 Å². The number of hydrogen-bond donors (Lipinski definition) is 1. The zero-order valence-electron chi connectivity index (χ0n) is 10.1. The van der Waals surface area contributed by atoms with Crippen molar-refractivity contribution < 1.29 is 19.4 Å². The number of carboxylic acids is 1. The number of hydrogen-bond acceptors (Lipinski definition) is 4. The number of halogens is 1. The summed E-state index contributed by atoms with van der Waals surface area (Å²) >= 11 is 3.24. The van der Waals surface area contributed by atoms with Crippen molar-refractivity contribution in [3.8, 4) is 0 Å². The summed E-state index contributed by atoms with van der Waals surface area (Å²) in [7, 11) is 1.59. The number of rotatable bonds is 4. The summed E-state index contributed by atoms with van der Waals surface area (Å²) in [5, 5.41) is 13.1. The van der Waals surface area contributed by atoms with Gasteiger partial charge in [0, 0.05) is 13.7 Å². The number of aromatic carboxylic acids is 1. The lowest BCUT2D eigenvalue weighted by Crippen LogP contribution is -2.22. The van der Waals surface area contributed by atoms with E-state index < -0.39 is 5.97 Å². The Labute approximate surface area is 113 Å². The fourth-order valence-corrected chi connectivity index (χ4v) is 2.51. The molecule has 0 bridgehead atoms. The van der Waals surface area contributed by atoms with Gasteiger partial charge in [-0.2, -0.15) is 5.10 Å². The van der Waals surface area contributed by atoms with Crippen molar-refractivity contribution in [1.82, 2.24) is 9.78 Å². The maximum Gasteiger partial charge on any atom is 0.355 e. The van der Waals surface area contributed by atoms with Gasteiger partial charge < -0.3 is 14.6 Å². The molecule has 2 rings (SSSR count). The molecule has 0 radical (unpaired) electrons. The van der Waals surface area contributed by atoms with E-state index in [9.17, 15) is 4.79 Å². The summed E-state index contributed by atoms with van der Waals surface area (Å²) in [6.07, 6.45) is 2.82. The van der Waals surface area contributed by atoms with Gasteiger partial charge in [-0.1, -0.05) is 0 Å². The van der Waals surface area contributed by atoms with Crippen LogP contribution in [-0.4, -0.2) is 33.8 Å². The smallest absolute Gasteiger partial charge is 0.355 e. The molecule has 1 fully saturated rings. The van der Waals surface area contributed by atoms with Crippen LogP contribution < -0.4 is 0 Å². The molecule has 0 spiro atoms. The molecule has 2 heterocycles. The lowest BCUT2D eigenvalue weighted by Gasteiger charge is -2.22. The molecule has 1 aliphatic heterocycles. The molecule has 0 aliphatic carbocycles. The van der Waals surface area contributed by atoms with E-state index in [0.29, 0.717) is 16.8 Å². The van der Waals surface area contributed by atoms with Gasteiger partial charge in [-0.3, -0.25) is 4.68 Å². The van der Waals surface area contributed by atoms with E-state index in [2.05, 4.69) is 21.0 Å². The molecule has 18 heavy (non-hydrogen) atoms. The first kappa shape index (κ1) is 13.5. The van der Waals surface area contributed by atoms with E-state index in [-0.39, 0.29) is 18.6 Å². The Kier molecular flexibility index (Phi) is 4.36. The predicted octanol–water partition coefficient (Wildman–Crippen LogP) is 1.92. The minimum atomic E-state index is -1.02. The van der Waals surface area contributed by atoms with Crippen LogP contribution in [0.2, 0.25) is 0 Å². The Hall–Kier alpha value is -0.920. The summed E-state index contributed by atoms with van der Waals surface area (Å²) in [5.41, 5.74) is 0.697. The van der Waals surface area contributed by atoms with E-state index in [0.717, 1.165) is 19.3 Å². The number of carbonyl (C=O) groups is 1. The molecule has 1 aliphatic rings. The van der Waals surface area contributed by atoms with Gasteiger partial charge in [-0.05, 0) is 35.2 Å². The largest absolute Gasteiger partial charge is 0.476 e. The summed E-state index contributed by atoms with van der Waals surface area (Å²) in [6.45, 7) is 0.959. The zero-order chi connectivity index (χ0) is 13.1. The van der Waals surface area contributed by atoms with Crippen LogP contribution in [0, 0.1) is 0 Å². The number of ether oxygens (including phenoxy) is 2. The van der Waals surface area contributed by atoms with Crippen LogP contribution in [0.25, 0.3) is 0 Å². The fourth-order valence-electron chi connectivity index (χ4n) is 1.89. The molecule has 1 unspecified atom stereocenters. The van der Waals surface area contributed by atoms with Gasteiger partial charge in [0.25, 0.3) is 0 Å². The molecule has 1 N–H and O–H groups in total. The van der Waals surface area contributed by atoms with Gasteiger partial charge in [0.1, 0.15) is 5.69 Å². The molecule has 7 heteroatoms. The second kappa shape index (κ2) is 5.81. The fraction of sp³-hybridized carbons (Fsp3) is 0.636. The Morgan fingerprint density at radius 3 is 3.00 bits per heavy atom. The van der Waals surface area contributed by atoms with Crippen LogP contribution in [0.15, 0.2) is 4.47 Å². The molecule has 1 aromatic heterocycles. The molecule has 1 atom stereocenters. The van der Waals surface area contributed by atoms with Gasteiger partial charge >= 0.3 is 5.97 Å². The third kappa shape index (κ3) is 2.90. The van der Waals surface area contributed by atoms with Crippen molar-refractivity contribution in [3.05, 3.63) is 15.9 Å². The molecule has 0 amide bonds. The highest BCUT2D eigenvalue weighted by molar-refractivity contribution is 9.10. The third-order valence-corrected chi connectivity index (χ3v) is 3.64. The van der Waals surface area contributed by atoms with Gasteiger partial charge in [0.05, 0.1) is 11.1 Å². The summed E-state index contributed by atoms with van der Waals surface area (Å²) < 4.78 is 12.8. The first-order valence-corrected chi connectivity index (χ1v) is 6.56. The van der Waals surface area contributed by atoms with Crippen LogP contribution in [0.1, 0.15) is 35.4 Å². The first-order valence-electron chi connectivity index (χ1n) is 5.77. The molecular formula is C11H15BrN2O4. The highest BCUT2D eigenvalue weighted by atomic mass is 79.9. The van der Waals surface area contributed by atoms with E-state index in [1.54, 1.807) is 7.05 Å². The van der Waals surface area contributed by atoms with Gasteiger partial charge in [0.2, 0.25) is 0 Å². The minimum absolute atomic E-state index is 0.123. The standard InChI is InChI=1S/C11H15BrN2O4/c1-14-10(11(15)16)9(12)7(13-14)6-18-8-4-2-3-5-17-8/h8H,2-6H2,1H3,(H,15,16). The second-order valence-electron chi connectivity index (χ2n) is 4.15. The van der Waals surface area contributed by atoms with Crippen molar-refractivity contribution in [2.24, 2.45) is 7.05 Å². The molecule has 100 valence electrons. The molecular weight excluding hydrogens is 304 g/mol. The SMILES string of the molecule is Cn1nc(COC2CCCCO2)c(Br)c1C(=O)O. The highest BCUT2D eigenvalue weighted by Crippen LogP contribution is 2.23. The van der Waals surface area contributed by atoms with Crippen molar-refractivity contribution in [2.45, 2.75) is 32.2 Å². The Morgan fingerprint density at radius 1 is 1.67 bits per heavy atom. The average molecular weight is 319 g/mol. The summed E-state index contributed by atoms with van der Waals surface area (Å²) in [5.74, 6) is -1.02. The van der Waals surface area contributed by atoms with Crippen molar-refractivity contribution in [3.63, 3.8) is 0 Å². The lowest BCUT2D eigenvalue weighted by molar-refractivity contribution is -0.169. The average Bonchev–Trinajstić information content (AvgIpc) is 2.63. The summed E-state index contributed by atoms with van der Waals surface area (Å²) in [4.78, 5) is 11.0. The third-order valence-electron chi connectivity index (χ3n) is 2.80. The highest BCUT2D eigenvalue weighted by Gasteiger charge is 2.21. The number of nitrogens with zero attached hydrogens (tertiary/aromatic N) is 2. The zero-order valence-corrected chi connectivity index (χ0v) is 11.6. The van der Waals surface area contributed by atoms with Crippen LogP contribution in [0.5, 0.6) is 0 Å². The van der Waals surface area contributed by atoms with Crippen LogP contribution >= 0.6 is 15.9 Å². The molecule has 1 aromatic rings. The van der Waals surface area contributed by atoms with Crippen molar-refractivity contribution >= 4 is 21.9 Å².